The molecule has 146 valence electrons. The highest BCUT2D eigenvalue weighted by atomic mass is 32.1. The van der Waals surface area contributed by atoms with Gasteiger partial charge in [0.25, 0.3) is 0 Å². The second kappa shape index (κ2) is 10.4. The number of guanidine groups is 1. The summed E-state index contributed by atoms with van der Waals surface area (Å²) >= 11 is 1.77. The molecule has 1 fully saturated rings. The molecule has 6 heteroatoms. The van der Waals surface area contributed by atoms with Crippen molar-refractivity contribution in [1.82, 2.24) is 15.5 Å². The molecule has 2 heterocycles. The largest absolute Gasteiger partial charge is 0.379 e. The lowest BCUT2D eigenvalue weighted by Gasteiger charge is -2.35. The van der Waals surface area contributed by atoms with E-state index in [4.69, 9.17) is 9.73 Å². The van der Waals surface area contributed by atoms with Crippen molar-refractivity contribution in [3.63, 3.8) is 0 Å². The van der Waals surface area contributed by atoms with Gasteiger partial charge in [0.05, 0.1) is 25.8 Å². The molecule has 1 saturated heterocycles. The Balaban J connectivity index is 1.68. The minimum Gasteiger partial charge on any atom is -0.379 e. The fourth-order valence-corrected chi connectivity index (χ4v) is 4.10. The number of rotatable bonds is 7. The fraction of sp³-hybridized carbons (Fsp3) is 0.476. The van der Waals surface area contributed by atoms with Crippen LogP contribution in [0.25, 0.3) is 0 Å². The fourth-order valence-electron chi connectivity index (χ4n) is 3.27. The summed E-state index contributed by atoms with van der Waals surface area (Å²) in [7, 11) is 0. The molecule has 1 aromatic heterocycles. The maximum atomic E-state index is 5.54. The molecule has 1 aliphatic rings. The summed E-state index contributed by atoms with van der Waals surface area (Å²) in [6.45, 7) is 10.2. The number of ether oxygens (including phenoxy) is 1. The van der Waals surface area contributed by atoms with Crippen molar-refractivity contribution in [3.05, 3.63) is 57.8 Å². The van der Waals surface area contributed by atoms with E-state index in [1.54, 1.807) is 11.3 Å². The van der Waals surface area contributed by atoms with Crippen molar-refractivity contribution >= 4 is 17.3 Å². The van der Waals surface area contributed by atoms with Gasteiger partial charge in [-0.2, -0.15) is 0 Å². The lowest BCUT2D eigenvalue weighted by molar-refractivity contribution is 0.0170. The van der Waals surface area contributed by atoms with Gasteiger partial charge in [0.2, 0.25) is 0 Å². The summed E-state index contributed by atoms with van der Waals surface area (Å²) < 4.78 is 5.54. The molecule has 5 nitrogen and oxygen atoms in total. The minimum absolute atomic E-state index is 0.308. The molecule has 0 radical (unpaired) electrons. The lowest BCUT2D eigenvalue weighted by atomic mass is 10.0. The molecule has 0 spiro atoms. The van der Waals surface area contributed by atoms with Crippen LogP contribution in [0.1, 0.15) is 29.0 Å². The van der Waals surface area contributed by atoms with Gasteiger partial charge in [-0.1, -0.05) is 30.3 Å². The van der Waals surface area contributed by atoms with E-state index in [1.807, 2.05) is 0 Å². The van der Waals surface area contributed by atoms with E-state index in [1.165, 1.54) is 16.0 Å². The molecule has 27 heavy (non-hydrogen) atoms. The zero-order valence-electron chi connectivity index (χ0n) is 16.3. The van der Waals surface area contributed by atoms with Gasteiger partial charge >= 0.3 is 0 Å². The van der Waals surface area contributed by atoms with Crippen LogP contribution in [0.15, 0.2) is 46.8 Å². The van der Waals surface area contributed by atoms with E-state index in [2.05, 4.69) is 71.2 Å². The lowest BCUT2D eigenvalue weighted by Crippen LogP contribution is -2.46. The third kappa shape index (κ3) is 5.79. The summed E-state index contributed by atoms with van der Waals surface area (Å²) in [6.07, 6.45) is 0. The molecule has 0 amide bonds. The van der Waals surface area contributed by atoms with E-state index in [0.717, 1.165) is 45.4 Å². The second-order valence-electron chi connectivity index (χ2n) is 6.68. The first-order chi connectivity index (χ1) is 13.3. The molecular weight excluding hydrogens is 356 g/mol. The first-order valence-corrected chi connectivity index (χ1v) is 10.6. The number of hydrogen-bond acceptors (Lipinski definition) is 4. The normalized spacial score (nSPS) is 16.9. The number of nitrogens with zero attached hydrogens (tertiary/aromatic N) is 2. The second-order valence-corrected chi connectivity index (χ2v) is 7.68. The molecule has 3 rings (SSSR count). The molecule has 1 aliphatic heterocycles. The van der Waals surface area contributed by atoms with Gasteiger partial charge in [0, 0.05) is 31.1 Å². The Kier molecular flexibility index (Phi) is 7.68. The van der Waals surface area contributed by atoms with E-state index < -0.39 is 0 Å². The van der Waals surface area contributed by atoms with Crippen LogP contribution in [0.5, 0.6) is 0 Å². The van der Waals surface area contributed by atoms with Gasteiger partial charge < -0.3 is 15.4 Å². The van der Waals surface area contributed by atoms with Crippen LogP contribution < -0.4 is 10.6 Å². The smallest absolute Gasteiger partial charge is 0.191 e. The van der Waals surface area contributed by atoms with Gasteiger partial charge in [-0.3, -0.25) is 4.90 Å². The van der Waals surface area contributed by atoms with Crippen molar-refractivity contribution in [3.8, 4) is 0 Å². The topological polar surface area (TPSA) is 48.9 Å². The van der Waals surface area contributed by atoms with Crippen LogP contribution in [0.4, 0.5) is 0 Å². The number of morpholine rings is 1. The van der Waals surface area contributed by atoms with Crippen molar-refractivity contribution in [2.24, 2.45) is 4.99 Å². The Labute approximate surface area is 166 Å². The Morgan fingerprint density at radius 3 is 2.63 bits per heavy atom. The average molecular weight is 387 g/mol. The molecule has 0 saturated carbocycles. The van der Waals surface area contributed by atoms with E-state index >= 15 is 0 Å². The predicted molar refractivity (Wildman–Crippen MR) is 113 cm³/mol. The zero-order valence-corrected chi connectivity index (χ0v) is 17.1. The molecule has 1 unspecified atom stereocenters. The molecule has 2 aromatic rings. The van der Waals surface area contributed by atoms with Crippen molar-refractivity contribution in [2.45, 2.75) is 26.4 Å². The maximum Gasteiger partial charge on any atom is 0.191 e. The van der Waals surface area contributed by atoms with E-state index in [0.29, 0.717) is 12.6 Å². The highest BCUT2D eigenvalue weighted by Crippen LogP contribution is 2.21. The number of benzene rings is 1. The van der Waals surface area contributed by atoms with Crippen LogP contribution in [0.2, 0.25) is 0 Å². The Morgan fingerprint density at radius 1 is 1.19 bits per heavy atom. The van der Waals surface area contributed by atoms with Gasteiger partial charge in [-0.25, -0.2) is 4.99 Å². The number of thiophene rings is 1. The zero-order chi connectivity index (χ0) is 18.9. The summed E-state index contributed by atoms with van der Waals surface area (Å²) in [4.78, 5) is 8.61. The number of aliphatic imine (C=N–C) groups is 1. The van der Waals surface area contributed by atoms with Gasteiger partial charge in [-0.15, -0.1) is 11.3 Å². The predicted octanol–water partition coefficient (Wildman–Crippen LogP) is 3.19. The van der Waals surface area contributed by atoms with E-state index in [9.17, 15) is 0 Å². The van der Waals surface area contributed by atoms with Crippen molar-refractivity contribution in [2.75, 3.05) is 39.4 Å². The number of nitrogens with one attached hydrogen (secondary N) is 2. The highest BCUT2D eigenvalue weighted by Gasteiger charge is 2.22. The van der Waals surface area contributed by atoms with E-state index in [-0.39, 0.29) is 0 Å². The van der Waals surface area contributed by atoms with Gasteiger partial charge in [-0.05, 0) is 36.4 Å². The molecular formula is C21H30N4OS. The standard InChI is InChI=1S/C21H30N4OS/c1-3-22-21(24-16-20-17(2)9-14-27-20)23-15-19(18-7-5-4-6-8-18)25-10-12-26-13-11-25/h4-9,14,19H,3,10-13,15-16H2,1-2H3,(H2,22,23,24). The molecule has 1 atom stereocenters. The molecule has 0 aliphatic carbocycles. The molecule has 2 N–H and O–H groups in total. The summed E-state index contributed by atoms with van der Waals surface area (Å²) in [6, 6.07) is 13.2. The van der Waals surface area contributed by atoms with Crippen LogP contribution in [-0.2, 0) is 11.3 Å². The van der Waals surface area contributed by atoms with Crippen LogP contribution in [0.3, 0.4) is 0 Å². The number of hydrogen-bond donors (Lipinski definition) is 2. The monoisotopic (exact) mass is 386 g/mol. The first kappa shape index (κ1) is 19.9. The Bertz CT molecular complexity index is 710. The summed E-state index contributed by atoms with van der Waals surface area (Å²) in [5, 5.41) is 9.06. The van der Waals surface area contributed by atoms with Crippen molar-refractivity contribution in [1.29, 1.82) is 0 Å². The van der Waals surface area contributed by atoms with Gasteiger partial charge in [0.1, 0.15) is 0 Å². The highest BCUT2D eigenvalue weighted by molar-refractivity contribution is 7.10. The summed E-state index contributed by atoms with van der Waals surface area (Å²) in [5.41, 5.74) is 2.65. The summed E-state index contributed by atoms with van der Waals surface area (Å²) in [5.74, 6) is 0.875. The quantitative estimate of drug-likeness (QED) is 0.567. The third-order valence-corrected chi connectivity index (χ3v) is 5.83. The number of aryl methyl sites for hydroxylation is 1. The van der Waals surface area contributed by atoms with Crippen molar-refractivity contribution < 1.29 is 4.74 Å². The van der Waals surface area contributed by atoms with Crippen LogP contribution in [-0.4, -0.2) is 50.3 Å². The minimum atomic E-state index is 0.308. The SMILES string of the molecule is CCNC(=NCc1sccc1C)NCC(c1ccccc1)N1CCOCC1. The third-order valence-electron chi connectivity index (χ3n) is 4.83. The van der Waals surface area contributed by atoms with Crippen LogP contribution in [0, 0.1) is 6.92 Å². The first-order valence-electron chi connectivity index (χ1n) is 9.70. The maximum absolute atomic E-state index is 5.54. The Hall–Kier alpha value is -1.89. The molecule has 1 aromatic carbocycles. The Morgan fingerprint density at radius 2 is 1.96 bits per heavy atom. The van der Waals surface area contributed by atoms with Gasteiger partial charge in [0.15, 0.2) is 5.96 Å². The average Bonchev–Trinajstić information content (AvgIpc) is 3.12. The van der Waals surface area contributed by atoms with Crippen LogP contribution >= 0.6 is 11.3 Å². The molecule has 0 bridgehead atoms.